The van der Waals surface area contributed by atoms with E-state index in [2.05, 4.69) is 0 Å². The van der Waals surface area contributed by atoms with E-state index >= 15 is 0 Å². The molecule has 2 aromatic carbocycles. The number of nitrogens with zero attached hydrogens (tertiary/aromatic N) is 2. The van der Waals surface area contributed by atoms with Crippen molar-refractivity contribution < 1.29 is 27.8 Å². The Morgan fingerprint density at radius 1 is 1.02 bits per heavy atom. The Balaban J connectivity index is 1.33. The van der Waals surface area contributed by atoms with Gasteiger partial charge < -0.3 is 9.47 Å². The van der Waals surface area contributed by atoms with Gasteiger partial charge in [0, 0.05) is 18.4 Å². The van der Waals surface area contributed by atoms with Gasteiger partial charge in [-0.3, -0.25) is 9.59 Å². The third-order valence-corrected chi connectivity index (χ3v) is 8.16. The second-order valence-electron chi connectivity index (χ2n) is 11.6. The molecule has 0 radical (unpaired) electrons. The van der Waals surface area contributed by atoms with Gasteiger partial charge in [0.2, 0.25) is 5.88 Å². The zero-order valence-corrected chi connectivity index (χ0v) is 24.3. The van der Waals surface area contributed by atoms with Crippen molar-refractivity contribution in [3.8, 4) is 5.88 Å². The Labute approximate surface area is 244 Å². The number of aromatic nitrogens is 2. The van der Waals surface area contributed by atoms with Gasteiger partial charge in [-0.15, -0.1) is 0 Å². The molecule has 8 heteroatoms. The van der Waals surface area contributed by atoms with E-state index in [0.717, 1.165) is 29.7 Å². The first kappa shape index (κ1) is 29.4. The number of carbonyl (C=O) groups excluding carboxylic acids is 2. The standard InChI is InChI=1S/C34H36F2N2O4/c1-4-34(3,19-31(40)42-20-23-9-6-5-7-10-23)16-15-29(39)32-28-17-22(2)18-30(38(28)37-33(32)24-13-14-24)41-21-25-26(35)11-8-12-27(25)36/h5-12,17-18,24H,4,13-16,19-21H2,1-3H3. The summed E-state index contributed by atoms with van der Waals surface area (Å²) >= 11 is 0. The van der Waals surface area contributed by atoms with Crippen LogP contribution in [-0.4, -0.2) is 21.4 Å². The lowest BCUT2D eigenvalue weighted by Gasteiger charge is -2.27. The summed E-state index contributed by atoms with van der Waals surface area (Å²) in [7, 11) is 0. The van der Waals surface area contributed by atoms with Gasteiger partial charge in [-0.05, 0) is 60.9 Å². The van der Waals surface area contributed by atoms with Crippen molar-refractivity contribution in [3.63, 3.8) is 0 Å². The summed E-state index contributed by atoms with van der Waals surface area (Å²) in [6, 6.07) is 16.9. The normalized spacial score (nSPS) is 14.5. The fraction of sp³-hybridized carbons (Fsp3) is 0.382. The van der Waals surface area contributed by atoms with Crippen molar-refractivity contribution in [2.45, 2.75) is 78.4 Å². The summed E-state index contributed by atoms with van der Waals surface area (Å²) in [6.45, 7) is 5.82. The van der Waals surface area contributed by atoms with Gasteiger partial charge in [0.1, 0.15) is 24.8 Å². The summed E-state index contributed by atoms with van der Waals surface area (Å²) < 4.78 is 41.4. The van der Waals surface area contributed by atoms with E-state index in [0.29, 0.717) is 29.8 Å². The average molecular weight is 575 g/mol. The lowest BCUT2D eigenvalue weighted by molar-refractivity contribution is -0.147. The fourth-order valence-corrected chi connectivity index (χ4v) is 5.18. The molecule has 1 atom stereocenters. The second-order valence-corrected chi connectivity index (χ2v) is 11.6. The number of ether oxygens (including phenoxy) is 2. The van der Waals surface area contributed by atoms with Gasteiger partial charge >= 0.3 is 5.97 Å². The molecule has 0 N–H and O–H groups in total. The highest BCUT2D eigenvalue weighted by molar-refractivity contribution is 6.04. The Kier molecular flexibility index (Phi) is 8.71. The highest BCUT2D eigenvalue weighted by atomic mass is 19.1. The zero-order chi connectivity index (χ0) is 29.9. The summed E-state index contributed by atoms with van der Waals surface area (Å²) in [5.74, 6) is -1.19. The molecule has 2 aromatic heterocycles. The van der Waals surface area contributed by atoms with Gasteiger partial charge in [0.05, 0.1) is 28.8 Å². The van der Waals surface area contributed by atoms with E-state index in [-0.39, 0.29) is 49.3 Å². The van der Waals surface area contributed by atoms with Crippen LogP contribution in [0.1, 0.15) is 91.0 Å². The number of carbonyl (C=O) groups is 2. The van der Waals surface area contributed by atoms with Gasteiger partial charge in [-0.2, -0.15) is 5.10 Å². The Morgan fingerprint density at radius 3 is 2.40 bits per heavy atom. The fourth-order valence-electron chi connectivity index (χ4n) is 5.18. The monoisotopic (exact) mass is 574 g/mol. The van der Waals surface area contributed by atoms with Crippen LogP contribution >= 0.6 is 0 Å². The summed E-state index contributed by atoms with van der Waals surface area (Å²) in [5.41, 5.74) is 3.10. The number of rotatable bonds is 13. The van der Waals surface area contributed by atoms with Gasteiger partial charge in [0.25, 0.3) is 0 Å². The van der Waals surface area contributed by atoms with E-state index in [4.69, 9.17) is 14.6 Å². The lowest BCUT2D eigenvalue weighted by Crippen LogP contribution is -2.23. The number of benzene rings is 2. The first-order valence-electron chi connectivity index (χ1n) is 14.5. The molecule has 5 rings (SSSR count). The predicted molar refractivity (Wildman–Crippen MR) is 155 cm³/mol. The molecule has 2 heterocycles. The predicted octanol–water partition coefficient (Wildman–Crippen LogP) is 7.89. The van der Waals surface area contributed by atoms with Crippen LogP contribution < -0.4 is 4.74 Å². The average Bonchev–Trinajstić information content (AvgIpc) is 3.75. The van der Waals surface area contributed by atoms with Crippen LogP contribution in [-0.2, 0) is 22.7 Å². The SMILES string of the molecule is CCC(C)(CCC(=O)c1c(C2CC2)nn2c(OCc3c(F)cccc3F)cc(C)cc12)CC(=O)OCc1ccccc1. The third-order valence-electron chi connectivity index (χ3n) is 8.16. The van der Waals surface area contributed by atoms with Crippen LogP contribution in [0.2, 0.25) is 0 Å². The van der Waals surface area contributed by atoms with Crippen LogP contribution in [0.3, 0.4) is 0 Å². The quantitative estimate of drug-likeness (QED) is 0.120. The Hall–Kier alpha value is -4.07. The highest BCUT2D eigenvalue weighted by Crippen LogP contribution is 2.43. The molecule has 1 aliphatic carbocycles. The van der Waals surface area contributed by atoms with E-state index in [9.17, 15) is 18.4 Å². The molecule has 220 valence electrons. The highest BCUT2D eigenvalue weighted by Gasteiger charge is 2.35. The molecule has 1 fully saturated rings. The van der Waals surface area contributed by atoms with Crippen LogP contribution in [0.25, 0.3) is 5.52 Å². The first-order valence-corrected chi connectivity index (χ1v) is 14.5. The van der Waals surface area contributed by atoms with Crippen molar-refractivity contribution in [3.05, 3.63) is 100 Å². The van der Waals surface area contributed by atoms with Gasteiger partial charge in [-0.1, -0.05) is 56.7 Å². The largest absolute Gasteiger partial charge is 0.473 e. The molecule has 0 aliphatic heterocycles. The van der Waals surface area contributed by atoms with E-state index in [1.54, 1.807) is 10.6 Å². The van der Waals surface area contributed by atoms with Crippen LogP contribution in [0.4, 0.5) is 8.78 Å². The lowest BCUT2D eigenvalue weighted by atomic mass is 9.78. The molecule has 0 saturated heterocycles. The zero-order valence-electron chi connectivity index (χ0n) is 24.3. The third kappa shape index (κ3) is 6.69. The molecule has 0 amide bonds. The number of halogens is 2. The van der Waals surface area contributed by atoms with Crippen molar-refractivity contribution in [2.75, 3.05) is 0 Å². The summed E-state index contributed by atoms with van der Waals surface area (Å²) in [6.07, 6.45) is 3.60. The minimum absolute atomic E-state index is 0.0408. The topological polar surface area (TPSA) is 69.9 Å². The van der Waals surface area contributed by atoms with Gasteiger partial charge in [-0.25, -0.2) is 13.3 Å². The van der Waals surface area contributed by atoms with Crippen LogP contribution in [0, 0.1) is 24.0 Å². The smallest absolute Gasteiger partial charge is 0.306 e. The number of pyridine rings is 1. The van der Waals surface area contributed by atoms with Crippen molar-refractivity contribution in [1.82, 2.24) is 9.61 Å². The number of Topliss-reactive ketones (excluding diaryl/α,β-unsaturated/α-hetero) is 1. The maximum atomic E-state index is 14.2. The van der Waals surface area contributed by atoms with Crippen molar-refractivity contribution in [1.29, 1.82) is 0 Å². The minimum Gasteiger partial charge on any atom is -0.473 e. The number of fused-ring (bicyclic) bond motifs is 1. The molecule has 0 spiro atoms. The number of hydrogen-bond donors (Lipinski definition) is 0. The van der Waals surface area contributed by atoms with Crippen molar-refractivity contribution >= 4 is 17.3 Å². The van der Waals surface area contributed by atoms with Crippen molar-refractivity contribution in [2.24, 2.45) is 5.41 Å². The molecule has 42 heavy (non-hydrogen) atoms. The first-order chi connectivity index (χ1) is 20.2. The Morgan fingerprint density at radius 2 is 1.74 bits per heavy atom. The molecular weight excluding hydrogens is 538 g/mol. The van der Waals surface area contributed by atoms with E-state index < -0.39 is 17.0 Å². The number of hydrogen-bond acceptors (Lipinski definition) is 5. The van der Waals surface area contributed by atoms with Crippen LogP contribution in [0.15, 0.2) is 60.7 Å². The van der Waals surface area contributed by atoms with E-state index in [1.165, 1.54) is 18.2 Å². The maximum absolute atomic E-state index is 14.2. The molecule has 0 bridgehead atoms. The number of aryl methyl sites for hydroxylation is 1. The molecule has 6 nitrogen and oxygen atoms in total. The summed E-state index contributed by atoms with van der Waals surface area (Å²) in [5, 5.41) is 4.77. The summed E-state index contributed by atoms with van der Waals surface area (Å²) in [4.78, 5) is 26.5. The van der Waals surface area contributed by atoms with E-state index in [1.807, 2.05) is 57.2 Å². The molecule has 1 saturated carbocycles. The number of esters is 1. The van der Waals surface area contributed by atoms with Gasteiger partial charge in [0.15, 0.2) is 5.78 Å². The van der Waals surface area contributed by atoms with Crippen LogP contribution in [0.5, 0.6) is 5.88 Å². The maximum Gasteiger partial charge on any atom is 0.306 e. The molecule has 4 aromatic rings. The number of ketones is 1. The minimum atomic E-state index is -0.684. The second kappa shape index (κ2) is 12.4. The molecular formula is C34H36F2N2O4. The Bertz CT molecular complexity index is 1580. The molecule has 1 aliphatic rings. The molecule has 1 unspecified atom stereocenters.